The molecule has 0 saturated carbocycles. The molecule has 2 rings (SSSR count). The fourth-order valence-electron chi connectivity index (χ4n) is 2.14. The van der Waals surface area contributed by atoms with Crippen LogP contribution >= 0.6 is 0 Å². The molecule has 0 spiro atoms. The lowest BCUT2D eigenvalue weighted by Crippen LogP contribution is -2.42. The molecule has 1 heterocycles. The normalized spacial score (nSPS) is 19.1. The topological polar surface area (TPSA) is 59.3 Å². The summed E-state index contributed by atoms with van der Waals surface area (Å²) in [4.78, 5) is 0. The Kier molecular flexibility index (Phi) is 4.94. The minimum absolute atomic E-state index is 0.166. The molecule has 1 saturated heterocycles. The van der Waals surface area contributed by atoms with Gasteiger partial charge in [0.25, 0.3) is 0 Å². The van der Waals surface area contributed by atoms with Crippen LogP contribution in [0.3, 0.4) is 0 Å². The summed E-state index contributed by atoms with van der Waals surface area (Å²) >= 11 is 0. The quantitative estimate of drug-likeness (QED) is 0.525. The highest BCUT2D eigenvalue weighted by molar-refractivity contribution is 5.19. The lowest BCUT2D eigenvalue weighted by molar-refractivity contribution is 0.0774. The van der Waals surface area contributed by atoms with Gasteiger partial charge < -0.3 is 10.1 Å². The fourth-order valence-corrected chi connectivity index (χ4v) is 2.14. The molecule has 17 heavy (non-hydrogen) atoms. The van der Waals surface area contributed by atoms with Crippen molar-refractivity contribution in [2.75, 3.05) is 19.8 Å². The summed E-state index contributed by atoms with van der Waals surface area (Å²) < 4.78 is 5.34. The van der Waals surface area contributed by atoms with Crippen LogP contribution < -0.4 is 16.6 Å². The van der Waals surface area contributed by atoms with Crippen molar-refractivity contribution < 1.29 is 4.74 Å². The van der Waals surface area contributed by atoms with Gasteiger partial charge in [-0.1, -0.05) is 30.3 Å². The monoisotopic (exact) mass is 235 g/mol. The van der Waals surface area contributed by atoms with Gasteiger partial charge in [-0.3, -0.25) is 11.3 Å². The van der Waals surface area contributed by atoms with Crippen molar-refractivity contribution in [1.29, 1.82) is 0 Å². The van der Waals surface area contributed by atoms with Gasteiger partial charge in [0.2, 0.25) is 0 Å². The SMILES string of the molecule is NN[C@H](CNC1CCOCC1)c1ccccc1. The van der Waals surface area contributed by atoms with Crippen molar-refractivity contribution in [1.82, 2.24) is 10.7 Å². The molecule has 0 radical (unpaired) electrons. The van der Waals surface area contributed by atoms with E-state index < -0.39 is 0 Å². The molecule has 1 aliphatic rings. The molecular weight excluding hydrogens is 214 g/mol. The first-order chi connectivity index (χ1) is 8.40. The van der Waals surface area contributed by atoms with Gasteiger partial charge in [0, 0.05) is 25.8 Å². The smallest absolute Gasteiger partial charge is 0.0584 e. The Hall–Kier alpha value is -0.940. The van der Waals surface area contributed by atoms with E-state index in [-0.39, 0.29) is 6.04 Å². The lowest BCUT2D eigenvalue weighted by atomic mass is 10.1. The van der Waals surface area contributed by atoms with Crippen molar-refractivity contribution in [2.24, 2.45) is 5.84 Å². The second-order valence-corrected chi connectivity index (χ2v) is 4.42. The maximum absolute atomic E-state index is 5.61. The van der Waals surface area contributed by atoms with Gasteiger partial charge in [-0.15, -0.1) is 0 Å². The maximum atomic E-state index is 5.61. The Balaban J connectivity index is 1.83. The van der Waals surface area contributed by atoms with Crippen molar-refractivity contribution in [3.8, 4) is 0 Å². The average molecular weight is 235 g/mol. The van der Waals surface area contributed by atoms with E-state index in [2.05, 4.69) is 22.9 Å². The highest BCUT2D eigenvalue weighted by Gasteiger charge is 2.15. The van der Waals surface area contributed by atoms with Crippen LogP contribution in [0.15, 0.2) is 30.3 Å². The first-order valence-corrected chi connectivity index (χ1v) is 6.22. The van der Waals surface area contributed by atoms with E-state index in [1.807, 2.05) is 18.2 Å². The van der Waals surface area contributed by atoms with Crippen molar-refractivity contribution in [3.63, 3.8) is 0 Å². The second kappa shape index (κ2) is 6.71. The molecule has 94 valence electrons. The average Bonchev–Trinajstić information content (AvgIpc) is 2.42. The van der Waals surface area contributed by atoms with Crippen LogP contribution in [0.4, 0.5) is 0 Å². The van der Waals surface area contributed by atoms with E-state index in [9.17, 15) is 0 Å². The first-order valence-electron chi connectivity index (χ1n) is 6.22. The summed E-state index contributed by atoms with van der Waals surface area (Å²) in [6.45, 7) is 2.58. The van der Waals surface area contributed by atoms with E-state index in [1.165, 1.54) is 5.56 Å². The molecule has 1 aromatic rings. The second-order valence-electron chi connectivity index (χ2n) is 4.42. The van der Waals surface area contributed by atoms with Gasteiger partial charge in [0.15, 0.2) is 0 Å². The number of ether oxygens (including phenoxy) is 1. The van der Waals surface area contributed by atoms with Crippen molar-refractivity contribution in [3.05, 3.63) is 35.9 Å². The molecule has 0 amide bonds. The summed E-state index contributed by atoms with van der Waals surface area (Å²) in [5, 5.41) is 3.55. The molecule has 0 aliphatic carbocycles. The summed E-state index contributed by atoms with van der Waals surface area (Å²) in [7, 11) is 0. The third kappa shape index (κ3) is 3.78. The van der Waals surface area contributed by atoms with Crippen molar-refractivity contribution in [2.45, 2.75) is 24.9 Å². The van der Waals surface area contributed by atoms with Crippen LogP contribution in [0.5, 0.6) is 0 Å². The molecule has 0 aromatic heterocycles. The molecule has 1 aromatic carbocycles. The molecule has 1 aliphatic heterocycles. The zero-order valence-corrected chi connectivity index (χ0v) is 10.1. The fraction of sp³-hybridized carbons (Fsp3) is 0.538. The standard InChI is InChI=1S/C13H21N3O/c14-16-13(11-4-2-1-3-5-11)10-15-12-6-8-17-9-7-12/h1-5,12-13,15-16H,6-10,14H2/t13-/m1/s1. The van der Waals surface area contributed by atoms with E-state index in [1.54, 1.807) is 0 Å². The van der Waals surface area contributed by atoms with Gasteiger partial charge in [-0.05, 0) is 18.4 Å². The molecular formula is C13H21N3O. The number of benzene rings is 1. The summed E-state index contributed by atoms with van der Waals surface area (Å²) in [6, 6.07) is 11.0. The van der Waals surface area contributed by atoms with Gasteiger partial charge in [0.05, 0.1) is 6.04 Å². The zero-order chi connectivity index (χ0) is 11.9. The van der Waals surface area contributed by atoms with E-state index in [0.717, 1.165) is 32.6 Å². The van der Waals surface area contributed by atoms with Gasteiger partial charge >= 0.3 is 0 Å². The first kappa shape index (κ1) is 12.5. The number of hydrogen-bond donors (Lipinski definition) is 3. The van der Waals surface area contributed by atoms with Crippen LogP contribution in [-0.2, 0) is 4.74 Å². The Labute approximate surface area is 103 Å². The molecule has 4 N–H and O–H groups in total. The third-order valence-corrected chi connectivity index (χ3v) is 3.24. The third-order valence-electron chi connectivity index (χ3n) is 3.24. The summed E-state index contributed by atoms with van der Waals surface area (Å²) in [5.41, 5.74) is 4.08. The number of hydrazine groups is 1. The summed E-state index contributed by atoms with van der Waals surface area (Å²) in [5.74, 6) is 5.61. The van der Waals surface area contributed by atoms with Crippen LogP contribution in [0, 0.1) is 0 Å². The molecule has 0 unspecified atom stereocenters. The predicted octanol–water partition coefficient (Wildman–Crippen LogP) is 0.960. The molecule has 1 atom stereocenters. The van der Waals surface area contributed by atoms with Crippen LogP contribution in [0.2, 0.25) is 0 Å². The minimum atomic E-state index is 0.166. The molecule has 4 heteroatoms. The Bertz CT molecular complexity index is 312. The number of nitrogens with two attached hydrogens (primary N) is 1. The molecule has 0 bridgehead atoms. The van der Waals surface area contributed by atoms with Gasteiger partial charge in [-0.25, -0.2) is 0 Å². The predicted molar refractivity (Wildman–Crippen MR) is 68.3 cm³/mol. The van der Waals surface area contributed by atoms with E-state index in [4.69, 9.17) is 10.6 Å². The van der Waals surface area contributed by atoms with E-state index >= 15 is 0 Å². The number of hydrogen-bond acceptors (Lipinski definition) is 4. The van der Waals surface area contributed by atoms with Crippen molar-refractivity contribution >= 4 is 0 Å². The Morgan fingerprint density at radius 3 is 2.59 bits per heavy atom. The van der Waals surface area contributed by atoms with Crippen LogP contribution in [0.1, 0.15) is 24.4 Å². The Morgan fingerprint density at radius 1 is 1.24 bits per heavy atom. The summed E-state index contributed by atoms with van der Waals surface area (Å²) in [6.07, 6.45) is 2.18. The van der Waals surface area contributed by atoms with Gasteiger partial charge in [-0.2, -0.15) is 0 Å². The van der Waals surface area contributed by atoms with E-state index in [0.29, 0.717) is 6.04 Å². The molecule has 4 nitrogen and oxygen atoms in total. The minimum Gasteiger partial charge on any atom is -0.381 e. The maximum Gasteiger partial charge on any atom is 0.0584 e. The number of nitrogens with one attached hydrogen (secondary N) is 2. The molecule has 1 fully saturated rings. The highest BCUT2D eigenvalue weighted by atomic mass is 16.5. The number of rotatable bonds is 5. The zero-order valence-electron chi connectivity index (χ0n) is 10.1. The van der Waals surface area contributed by atoms with Crippen LogP contribution in [-0.4, -0.2) is 25.8 Å². The lowest BCUT2D eigenvalue weighted by Gasteiger charge is -2.26. The van der Waals surface area contributed by atoms with Gasteiger partial charge in [0.1, 0.15) is 0 Å². The largest absolute Gasteiger partial charge is 0.381 e. The van der Waals surface area contributed by atoms with Crippen LogP contribution in [0.25, 0.3) is 0 Å². The Morgan fingerprint density at radius 2 is 1.94 bits per heavy atom. The highest BCUT2D eigenvalue weighted by Crippen LogP contribution is 2.12.